The Morgan fingerprint density at radius 1 is 1.25 bits per heavy atom. The van der Waals surface area contributed by atoms with Crippen LogP contribution in [0.5, 0.6) is 0 Å². The maximum Gasteiger partial charge on any atom is 0.190 e. The minimum atomic E-state index is -0.960. The van der Waals surface area contributed by atoms with Crippen molar-refractivity contribution in [3.63, 3.8) is 0 Å². The van der Waals surface area contributed by atoms with E-state index in [9.17, 15) is 10.1 Å². The van der Waals surface area contributed by atoms with Crippen molar-refractivity contribution in [3.8, 4) is 23.4 Å². The van der Waals surface area contributed by atoms with Gasteiger partial charge in [0.1, 0.15) is 10.8 Å². The summed E-state index contributed by atoms with van der Waals surface area (Å²) in [5.41, 5.74) is 2.47. The second-order valence-electron chi connectivity index (χ2n) is 5.08. The van der Waals surface area contributed by atoms with Gasteiger partial charge in [0.15, 0.2) is 11.7 Å². The predicted octanol–water partition coefficient (Wildman–Crippen LogP) is 4.07. The van der Waals surface area contributed by atoms with Crippen LogP contribution >= 0.6 is 11.3 Å². The van der Waals surface area contributed by atoms with Crippen LogP contribution in [0.15, 0.2) is 46.4 Å². The topological polar surface area (TPSA) is 90.7 Å². The summed E-state index contributed by atoms with van der Waals surface area (Å²) in [4.78, 5) is 17.0. The van der Waals surface area contributed by atoms with Crippen molar-refractivity contribution in [3.05, 3.63) is 63.9 Å². The van der Waals surface area contributed by atoms with Crippen LogP contribution in [-0.4, -0.2) is 10.8 Å². The SMILES string of the molecule is Cc1occc1C(=O)[C@H](C#N)c1nc(-c2ccc(C#N)cc2)cs1. The number of nitrogens with zero attached hydrogens (tertiary/aromatic N) is 3. The van der Waals surface area contributed by atoms with Crippen molar-refractivity contribution in [2.45, 2.75) is 12.8 Å². The summed E-state index contributed by atoms with van der Waals surface area (Å²) >= 11 is 1.27. The fraction of sp³-hybridized carbons (Fsp3) is 0.111. The van der Waals surface area contributed by atoms with Crippen molar-refractivity contribution in [2.24, 2.45) is 0 Å². The van der Waals surface area contributed by atoms with Crippen LogP contribution in [0.3, 0.4) is 0 Å². The van der Waals surface area contributed by atoms with E-state index in [1.807, 2.05) is 6.07 Å². The molecular formula is C18H11N3O2S. The first kappa shape index (κ1) is 15.7. The van der Waals surface area contributed by atoms with Gasteiger partial charge in [-0.15, -0.1) is 11.3 Å². The van der Waals surface area contributed by atoms with Gasteiger partial charge in [-0.1, -0.05) is 12.1 Å². The third-order valence-corrected chi connectivity index (χ3v) is 4.50. The number of aryl methyl sites for hydroxylation is 1. The molecule has 0 radical (unpaired) electrons. The summed E-state index contributed by atoms with van der Waals surface area (Å²) in [6.07, 6.45) is 1.43. The van der Waals surface area contributed by atoms with Gasteiger partial charge in [0.05, 0.1) is 35.2 Å². The molecule has 2 aromatic heterocycles. The number of hydrogen-bond acceptors (Lipinski definition) is 6. The van der Waals surface area contributed by atoms with Crippen molar-refractivity contribution in [2.75, 3.05) is 0 Å². The number of carbonyl (C=O) groups is 1. The molecule has 116 valence electrons. The minimum Gasteiger partial charge on any atom is -0.469 e. The zero-order chi connectivity index (χ0) is 17.1. The van der Waals surface area contributed by atoms with Gasteiger partial charge >= 0.3 is 0 Å². The Labute approximate surface area is 142 Å². The number of benzene rings is 1. The summed E-state index contributed by atoms with van der Waals surface area (Å²) < 4.78 is 5.14. The number of thiazole rings is 1. The van der Waals surface area contributed by atoms with E-state index in [1.54, 1.807) is 42.6 Å². The molecule has 0 spiro atoms. The van der Waals surface area contributed by atoms with Crippen molar-refractivity contribution in [1.29, 1.82) is 10.5 Å². The molecule has 0 fully saturated rings. The summed E-state index contributed by atoms with van der Waals surface area (Å²) in [7, 11) is 0. The smallest absolute Gasteiger partial charge is 0.190 e. The number of furan rings is 1. The summed E-state index contributed by atoms with van der Waals surface area (Å²) in [5.74, 6) is -0.785. The second-order valence-corrected chi connectivity index (χ2v) is 5.97. The number of rotatable bonds is 4. The highest BCUT2D eigenvalue weighted by Gasteiger charge is 2.27. The van der Waals surface area contributed by atoms with Crippen LogP contribution in [0.25, 0.3) is 11.3 Å². The number of aromatic nitrogens is 1. The zero-order valence-corrected chi connectivity index (χ0v) is 13.5. The molecule has 0 aliphatic heterocycles. The van der Waals surface area contributed by atoms with Crippen LogP contribution in [-0.2, 0) is 0 Å². The molecule has 0 amide bonds. The average molecular weight is 333 g/mol. The Morgan fingerprint density at radius 2 is 2.00 bits per heavy atom. The molecule has 1 atom stereocenters. The van der Waals surface area contributed by atoms with Gasteiger partial charge in [0, 0.05) is 10.9 Å². The standard InChI is InChI=1S/C18H11N3O2S/c1-11-14(6-7-23-11)17(22)15(9-20)18-21-16(10-24-18)13-4-2-12(8-19)3-5-13/h2-7,10,15H,1H3/t15-/m0/s1. The number of Topliss-reactive ketones (excluding diaryl/α,β-unsaturated/α-hetero) is 1. The van der Waals surface area contributed by atoms with Crippen molar-refractivity contribution >= 4 is 17.1 Å². The Morgan fingerprint density at radius 3 is 2.58 bits per heavy atom. The van der Waals surface area contributed by atoms with Crippen molar-refractivity contribution < 1.29 is 9.21 Å². The summed E-state index contributed by atoms with van der Waals surface area (Å²) in [6, 6.07) is 12.7. The lowest BCUT2D eigenvalue weighted by Crippen LogP contribution is -2.11. The van der Waals surface area contributed by atoms with E-state index < -0.39 is 5.92 Å². The lowest BCUT2D eigenvalue weighted by atomic mass is 10.00. The van der Waals surface area contributed by atoms with Crippen LogP contribution in [0.4, 0.5) is 0 Å². The van der Waals surface area contributed by atoms with Gasteiger partial charge < -0.3 is 4.42 Å². The lowest BCUT2D eigenvalue weighted by Gasteiger charge is -2.03. The Balaban J connectivity index is 1.91. The van der Waals surface area contributed by atoms with E-state index in [0.29, 0.717) is 27.6 Å². The van der Waals surface area contributed by atoms with Gasteiger partial charge in [-0.2, -0.15) is 10.5 Å². The molecule has 2 heterocycles. The molecule has 3 rings (SSSR count). The van der Waals surface area contributed by atoms with E-state index in [2.05, 4.69) is 11.1 Å². The summed E-state index contributed by atoms with van der Waals surface area (Å²) in [6.45, 7) is 1.69. The first-order valence-electron chi connectivity index (χ1n) is 7.08. The molecule has 0 bridgehead atoms. The first-order valence-corrected chi connectivity index (χ1v) is 7.96. The molecule has 3 aromatic rings. The zero-order valence-electron chi connectivity index (χ0n) is 12.7. The summed E-state index contributed by atoms with van der Waals surface area (Å²) in [5, 5.41) is 20.5. The molecule has 24 heavy (non-hydrogen) atoms. The number of ketones is 1. The van der Waals surface area contributed by atoms with Gasteiger partial charge in [0.25, 0.3) is 0 Å². The van der Waals surface area contributed by atoms with Gasteiger partial charge in [-0.3, -0.25) is 4.79 Å². The maximum atomic E-state index is 12.5. The van der Waals surface area contributed by atoms with Crippen LogP contribution in [0.1, 0.15) is 32.6 Å². The van der Waals surface area contributed by atoms with Gasteiger partial charge in [-0.05, 0) is 25.1 Å². The fourth-order valence-electron chi connectivity index (χ4n) is 2.29. The lowest BCUT2D eigenvalue weighted by molar-refractivity contribution is 0.0977. The molecule has 0 unspecified atom stereocenters. The molecule has 1 aromatic carbocycles. The maximum absolute atomic E-state index is 12.5. The molecule has 0 N–H and O–H groups in total. The molecule has 0 saturated carbocycles. The fourth-order valence-corrected chi connectivity index (χ4v) is 3.16. The van der Waals surface area contributed by atoms with E-state index in [0.717, 1.165) is 5.56 Å². The largest absolute Gasteiger partial charge is 0.469 e. The third kappa shape index (κ3) is 2.83. The van der Waals surface area contributed by atoms with Crippen LogP contribution in [0.2, 0.25) is 0 Å². The molecular weight excluding hydrogens is 322 g/mol. The van der Waals surface area contributed by atoms with Crippen molar-refractivity contribution in [1.82, 2.24) is 4.98 Å². The number of hydrogen-bond donors (Lipinski definition) is 0. The molecule has 0 aliphatic carbocycles. The van der Waals surface area contributed by atoms with E-state index in [1.165, 1.54) is 17.6 Å². The van der Waals surface area contributed by atoms with E-state index in [-0.39, 0.29) is 5.78 Å². The van der Waals surface area contributed by atoms with Crippen LogP contribution < -0.4 is 0 Å². The average Bonchev–Trinajstić information content (AvgIpc) is 3.25. The molecule has 6 heteroatoms. The van der Waals surface area contributed by atoms with Gasteiger partial charge in [0.2, 0.25) is 0 Å². The van der Waals surface area contributed by atoms with Gasteiger partial charge in [-0.25, -0.2) is 4.98 Å². The van der Waals surface area contributed by atoms with E-state index in [4.69, 9.17) is 9.68 Å². The second kappa shape index (κ2) is 6.49. The first-order chi connectivity index (χ1) is 11.6. The quantitative estimate of drug-likeness (QED) is 0.671. The van der Waals surface area contributed by atoms with E-state index >= 15 is 0 Å². The Bertz CT molecular complexity index is 971. The highest BCUT2D eigenvalue weighted by Crippen LogP contribution is 2.29. The highest BCUT2D eigenvalue weighted by molar-refractivity contribution is 7.10. The molecule has 0 saturated heterocycles. The monoisotopic (exact) mass is 333 g/mol. The predicted molar refractivity (Wildman–Crippen MR) is 88.4 cm³/mol. The number of nitriles is 2. The minimum absolute atomic E-state index is 0.315. The third-order valence-electron chi connectivity index (χ3n) is 3.59. The Hall–Kier alpha value is -3.22. The molecule has 5 nitrogen and oxygen atoms in total. The normalized spacial score (nSPS) is 11.5. The molecule has 0 aliphatic rings. The number of carbonyl (C=O) groups excluding carboxylic acids is 1. The highest BCUT2D eigenvalue weighted by atomic mass is 32.1. The van der Waals surface area contributed by atoms with Crippen LogP contribution in [0, 0.1) is 29.6 Å². The Kier molecular flexibility index (Phi) is 4.24.